The van der Waals surface area contributed by atoms with E-state index in [9.17, 15) is 14.4 Å². The Bertz CT molecular complexity index is 323. The zero-order valence-corrected chi connectivity index (χ0v) is 12.1. The van der Waals surface area contributed by atoms with Gasteiger partial charge in [-0.3, -0.25) is 9.59 Å². The molecule has 0 saturated carbocycles. The summed E-state index contributed by atoms with van der Waals surface area (Å²) in [5.41, 5.74) is 0. The maximum atomic E-state index is 11.5. The van der Waals surface area contributed by atoms with Crippen molar-refractivity contribution in [2.24, 2.45) is 11.8 Å². The van der Waals surface area contributed by atoms with Crippen LogP contribution in [-0.4, -0.2) is 37.2 Å². The number of hydrogen-bond donors (Lipinski definition) is 0. The largest absolute Gasteiger partial charge is 0.465 e. The number of carbonyl (C=O) groups is 3. The fraction of sp³-hybridized carbons (Fsp3) is 0.769. The highest BCUT2D eigenvalue weighted by Gasteiger charge is 2.26. The molecule has 0 fully saturated rings. The lowest BCUT2D eigenvalue weighted by molar-refractivity contribution is -0.167. The quantitative estimate of drug-likeness (QED) is 0.514. The van der Waals surface area contributed by atoms with Gasteiger partial charge in [0, 0.05) is 19.8 Å². The maximum Gasteiger partial charge on any atom is 0.344 e. The van der Waals surface area contributed by atoms with Crippen LogP contribution in [0, 0.1) is 11.8 Å². The second kappa shape index (κ2) is 8.50. The standard InChI is InChI=1S/C13H22O6/c1-8(2)13(9(3)6-17-10(4)14)19-12(16)7-18-11(5)15/h8-9,13H,6-7H2,1-5H3/t9-,13-/m0/s1. The molecule has 19 heavy (non-hydrogen) atoms. The van der Waals surface area contributed by atoms with Gasteiger partial charge in [-0.2, -0.15) is 0 Å². The van der Waals surface area contributed by atoms with Gasteiger partial charge in [0.15, 0.2) is 6.61 Å². The molecule has 2 atom stereocenters. The molecule has 0 N–H and O–H groups in total. The van der Waals surface area contributed by atoms with Crippen molar-refractivity contribution in [1.82, 2.24) is 0 Å². The summed E-state index contributed by atoms with van der Waals surface area (Å²) in [6, 6.07) is 0. The molecule has 0 spiro atoms. The van der Waals surface area contributed by atoms with Gasteiger partial charge >= 0.3 is 17.9 Å². The van der Waals surface area contributed by atoms with E-state index < -0.39 is 24.6 Å². The fourth-order valence-electron chi connectivity index (χ4n) is 1.60. The average Bonchev–Trinajstić information content (AvgIpc) is 2.29. The molecule has 110 valence electrons. The van der Waals surface area contributed by atoms with Crippen LogP contribution in [0.15, 0.2) is 0 Å². The summed E-state index contributed by atoms with van der Waals surface area (Å²) < 4.78 is 14.7. The van der Waals surface area contributed by atoms with Gasteiger partial charge < -0.3 is 14.2 Å². The van der Waals surface area contributed by atoms with Crippen LogP contribution in [0.5, 0.6) is 0 Å². The SMILES string of the molecule is CC(=O)OCC(=O)O[C@@H](C(C)C)[C@@H](C)COC(C)=O. The second-order valence-electron chi connectivity index (χ2n) is 4.76. The molecule has 6 nitrogen and oxygen atoms in total. The lowest BCUT2D eigenvalue weighted by Crippen LogP contribution is -2.34. The van der Waals surface area contributed by atoms with Gasteiger partial charge in [0.1, 0.15) is 6.10 Å². The second-order valence-corrected chi connectivity index (χ2v) is 4.76. The van der Waals surface area contributed by atoms with Gasteiger partial charge in [0.05, 0.1) is 6.61 Å². The average molecular weight is 274 g/mol. The first-order valence-corrected chi connectivity index (χ1v) is 6.20. The molecule has 0 saturated heterocycles. The van der Waals surface area contributed by atoms with Crippen LogP contribution in [0.2, 0.25) is 0 Å². The summed E-state index contributed by atoms with van der Waals surface area (Å²) in [5.74, 6) is -1.59. The molecule has 0 heterocycles. The van der Waals surface area contributed by atoms with Gasteiger partial charge in [-0.25, -0.2) is 4.79 Å². The summed E-state index contributed by atoms with van der Waals surface area (Å²) in [7, 11) is 0. The predicted molar refractivity (Wildman–Crippen MR) is 67.1 cm³/mol. The van der Waals surface area contributed by atoms with E-state index in [-0.39, 0.29) is 24.4 Å². The number of hydrogen-bond acceptors (Lipinski definition) is 6. The molecule has 0 amide bonds. The number of esters is 3. The van der Waals surface area contributed by atoms with Crippen molar-refractivity contribution in [3.8, 4) is 0 Å². The minimum absolute atomic E-state index is 0.0619. The van der Waals surface area contributed by atoms with Crippen LogP contribution >= 0.6 is 0 Å². The van der Waals surface area contributed by atoms with Crippen LogP contribution in [0.25, 0.3) is 0 Å². The van der Waals surface area contributed by atoms with Crippen molar-refractivity contribution in [3.63, 3.8) is 0 Å². The van der Waals surface area contributed by atoms with Crippen molar-refractivity contribution in [1.29, 1.82) is 0 Å². The Kier molecular flexibility index (Phi) is 7.79. The van der Waals surface area contributed by atoms with E-state index in [0.717, 1.165) is 0 Å². The Hall–Kier alpha value is -1.59. The summed E-state index contributed by atoms with van der Waals surface area (Å²) in [6.07, 6.45) is -0.401. The van der Waals surface area contributed by atoms with Crippen molar-refractivity contribution < 1.29 is 28.6 Å². The van der Waals surface area contributed by atoms with Crippen molar-refractivity contribution in [2.45, 2.75) is 40.7 Å². The Labute approximate surface area is 113 Å². The summed E-state index contributed by atoms with van der Waals surface area (Å²) in [6.45, 7) is 7.94. The van der Waals surface area contributed by atoms with E-state index in [1.165, 1.54) is 13.8 Å². The Balaban J connectivity index is 4.35. The molecule has 6 heteroatoms. The minimum atomic E-state index is -0.608. The molecule has 0 radical (unpaired) electrons. The molecular formula is C13H22O6. The normalized spacial score (nSPS) is 13.6. The molecule has 0 unspecified atom stereocenters. The highest BCUT2D eigenvalue weighted by molar-refractivity contribution is 5.75. The molecule has 0 bridgehead atoms. The zero-order chi connectivity index (χ0) is 15.0. The van der Waals surface area contributed by atoms with Crippen molar-refractivity contribution in [2.75, 3.05) is 13.2 Å². The monoisotopic (exact) mass is 274 g/mol. The lowest BCUT2D eigenvalue weighted by Gasteiger charge is -2.26. The van der Waals surface area contributed by atoms with Crippen LogP contribution in [-0.2, 0) is 28.6 Å². The van der Waals surface area contributed by atoms with Gasteiger partial charge in [-0.05, 0) is 5.92 Å². The van der Waals surface area contributed by atoms with Gasteiger partial charge in [-0.15, -0.1) is 0 Å². The molecule has 0 rings (SSSR count). The first-order chi connectivity index (χ1) is 8.73. The summed E-state index contributed by atoms with van der Waals surface area (Å²) in [5, 5.41) is 0. The van der Waals surface area contributed by atoms with Crippen molar-refractivity contribution >= 4 is 17.9 Å². The first kappa shape index (κ1) is 17.4. The Morgan fingerprint density at radius 3 is 1.89 bits per heavy atom. The molecule has 0 aliphatic heterocycles. The van der Waals surface area contributed by atoms with E-state index in [1.807, 2.05) is 20.8 Å². The van der Waals surface area contributed by atoms with Gasteiger partial charge in [-0.1, -0.05) is 20.8 Å². The van der Waals surface area contributed by atoms with Crippen LogP contribution < -0.4 is 0 Å². The third kappa shape index (κ3) is 8.18. The molecule has 0 aliphatic rings. The highest BCUT2D eigenvalue weighted by atomic mass is 16.6. The maximum absolute atomic E-state index is 11.5. The highest BCUT2D eigenvalue weighted by Crippen LogP contribution is 2.17. The van der Waals surface area contributed by atoms with E-state index in [1.54, 1.807) is 0 Å². The molecule has 0 aliphatic carbocycles. The molecule has 0 aromatic rings. The zero-order valence-electron chi connectivity index (χ0n) is 12.1. The van der Waals surface area contributed by atoms with Crippen molar-refractivity contribution in [3.05, 3.63) is 0 Å². The Morgan fingerprint density at radius 1 is 0.947 bits per heavy atom. The topological polar surface area (TPSA) is 78.9 Å². The van der Waals surface area contributed by atoms with Crippen LogP contribution in [0.3, 0.4) is 0 Å². The lowest BCUT2D eigenvalue weighted by atomic mass is 9.95. The number of carbonyl (C=O) groups excluding carboxylic acids is 3. The first-order valence-electron chi connectivity index (χ1n) is 6.20. The summed E-state index contributed by atoms with van der Waals surface area (Å²) in [4.78, 5) is 32.8. The predicted octanol–water partition coefficient (Wildman–Crippen LogP) is 1.32. The van der Waals surface area contributed by atoms with Gasteiger partial charge in [0.2, 0.25) is 0 Å². The van der Waals surface area contributed by atoms with Crippen LogP contribution in [0.4, 0.5) is 0 Å². The van der Waals surface area contributed by atoms with E-state index in [0.29, 0.717) is 0 Å². The minimum Gasteiger partial charge on any atom is -0.465 e. The molecule has 0 aromatic carbocycles. The fourth-order valence-corrected chi connectivity index (χ4v) is 1.60. The smallest absolute Gasteiger partial charge is 0.344 e. The van der Waals surface area contributed by atoms with E-state index >= 15 is 0 Å². The van der Waals surface area contributed by atoms with E-state index in [4.69, 9.17) is 9.47 Å². The number of ether oxygens (including phenoxy) is 3. The third-order valence-corrected chi connectivity index (χ3v) is 2.43. The molecule has 0 aromatic heterocycles. The third-order valence-electron chi connectivity index (χ3n) is 2.43. The summed E-state index contributed by atoms with van der Waals surface area (Å²) >= 11 is 0. The Morgan fingerprint density at radius 2 is 1.47 bits per heavy atom. The van der Waals surface area contributed by atoms with Gasteiger partial charge in [0.25, 0.3) is 0 Å². The van der Waals surface area contributed by atoms with E-state index in [2.05, 4.69) is 4.74 Å². The number of rotatable bonds is 7. The van der Waals surface area contributed by atoms with Crippen LogP contribution in [0.1, 0.15) is 34.6 Å². The molecular weight excluding hydrogens is 252 g/mol.